The molecule has 2 aromatic carbocycles. The number of rotatable bonds is 6. The molecule has 1 aliphatic rings. The molecule has 2 amide bonds. The van der Waals surface area contributed by atoms with E-state index < -0.39 is 0 Å². The number of hydrogen-bond donors (Lipinski definition) is 0. The molecule has 32 heavy (non-hydrogen) atoms. The maximum absolute atomic E-state index is 12.8. The van der Waals surface area contributed by atoms with Gasteiger partial charge in [-0.05, 0) is 83.2 Å². The van der Waals surface area contributed by atoms with Crippen molar-refractivity contribution < 1.29 is 23.5 Å². The van der Waals surface area contributed by atoms with E-state index in [4.69, 9.17) is 9.15 Å². The smallest absolute Gasteiger partial charge is 0.338 e. The van der Waals surface area contributed by atoms with Crippen LogP contribution in [-0.4, -0.2) is 28.6 Å². The van der Waals surface area contributed by atoms with E-state index in [2.05, 4.69) is 22.6 Å². The van der Waals surface area contributed by atoms with Gasteiger partial charge in [-0.15, -0.1) is 0 Å². The zero-order valence-corrected chi connectivity index (χ0v) is 20.0. The van der Waals surface area contributed by atoms with Crippen molar-refractivity contribution in [1.82, 2.24) is 4.90 Å². The predicted molar refractivity (Wildman–Crippen MR) is 131 cm³/mol. The van der Waals surface area contributed by atoms with E-state index in [1.807, 2.05) is 24.3 Å². The van der Waals surface area contributed by atoms with Crippen LogP contribution >= 0.6 is 34.4 Å². The highest BCUT2D eigenvalue weighted by Crippen LogP contribution is 2.34. The van der Waals surface area contributed by atoms with Crippen LogP contribution in [0.2, 0.25) is 0 Å². The van der Waals surface area contributed by atoms with Crippen molar-refractivity contribution in [2.24, 2.45) is 0 Å². The molecule has 0 spiro atoms. The van der Waals surface area contributed by atoms with Gasteiger partial charge in [0.15, 0.2) is 0 Å². The van der Waals surface area contributed by atoms with Gasteiger partial charge in [0.2, 0.25) is 0 Å². The Labute approximate surface area is 202 Å². The molecule has 2 heterocycles. The number of hydrogen-bond acceptors (Lipinski definition) is 6. The number of carbonyl (C=O) groups is 3. The van der Waals surface area contributed by atoms with Crippen LogP contribution in [0.5, 0.6) is 0 Å². The molecule has 1 fully saturated rings. The van der Waals surface area contributed by atoms with E-state index in [0.29, 0.717) is 28.6 Å². The van der Waals surface area contributed by atoms with Crippen molar-refractivity contribution in [1.29, 1.82) is 0 Å². The van der Waals surface area contributed by atoms with Crippen LogP contribution in [0.25, 0.3) is 17.4 Å². The van der Waals surface area contributed by atoms with Gasteiger partial charge in [-0.1, -0.05) is 24.3 Å². The average Bonchev–Trinajstić information content (AvgIpc) is 3.36. The molecule has 0 unspecified atom stereocenters. The first kappa shape index (κ1) is 22.3. The van der Waals surface area contributed by atoms with Crippen LogP contribution in [0.1, 0.15) is 28.6 Å². The van der Waals surface area contributed by atoms with Crippen LogP contribution in [0.3, 0.4) is 0 Å². The van der Waals surface area contributed by atoms with E-state index in [9.17, 15) is 14.4 Å². The summed E-state index contributed by atoms with van der Waals surface area (Å²) >= 11 is 3.11. The molecule has 1 saturated heterocycles. The molecular formula is C24H18INO5S. The Morgan fingerprint density at radius 2 is 1.78 bits per heavy atom. The Kier molecular flexibility index (Phi) is 6.80. The highest BCUT2D eigenvalue weighted by atomic mass is 127. The minimum atomic E-state index is -0.375. The minimum absolute atomic E-state index is 0.231. The van der Waals surface area contributed by atoms with E-state index in [1.165, 1.54) is 4.90 Å². The largest absolute Gasteiger partial charge is 0.462 e. The van der Waals surface area contributed by atoms with Crippen molar-refractivity contribution in [2.75, 3.05) is 6.61 Å². The Bertz CT molecular complexity index is 1200. The molecule has 0 radical (unpaired) electrons. The summed E-state index contributed by atoms with van der Waals surface area (Å²) in [5.74, 6) is 0.342. The molecule has 0 bridgehead atoms. The fourth-order valence-corrected chi connectivity index (χ4v) is 4.29. The fourth-order valence-electron chi connectivity index (χ4n) is 3.11. The third-order valence-corrected chi connectivity index (χ3v) is 6.33. The molecule has 3 aromatic rings. The average molecular weight is 559 g/mol. The van der Waals surface area contributed by atoms with E-state index in [0.717, 1.165) is 26.5 Å². The molecule has 0 N–H and O–H groups in total. The summed E-state index contributed by atoms with van der Waals surface area (Å²) in [7, 11) is 0. The maximum atomic E-state index is 12.8. The monoisotopic (exact) mass is 559 g/mol. The summed E-state index contributed by atoms with van der Waals surface area (Å²) < 4.78 is 11.9. The highest BCUT2D eigenvalue weighted by molar-refractivity contribution is 14.1. The fraction of sp³-hybridized carbons (Fsp3) is 0.125. The van der Waals surface area contributed by atoms with Gasteiger partial charge in [-0.25, -0.2) is 4.79 Å². The van der Waals surface area contributed by atoms with Crippen LogP contribution in [0, 0.1) is 3.57 Å². The number of halogens is 1. The Balaban J connectivity index is 1.48. The Morgan fingerprint density at radius 3 is 2.47 bits per heavy atom. The number of imide groups is 1. The lowest BCUT2D eigenvalue weighted by Crippen LogP contribution is -2.27. The van der Waals surface area contributed by atoms with E-state index >= 15 is 0 Å². The van der Waals surface area contributed by atoms with Crippen molar-refractivity contribution in [3.63, 3.8) is 0 Å². The summed E-state index contributed by atoms with van der Waals surface area (Å²) in [6.07, 6.45) is 1.58. The number of nitrogens with zero attached hydrogens (tertiary/aromatic N) is 1. The van der Waals surface area contributed by atoms with Crippen molar-refractivity contribution >= 4 is 57.5 Å². The lowest BCUT2D eigenvalue weighted by molar-refractivity contribution is -0.123. The van der Waals surface area contributed by atoms with Gasteiger partial charge >= 0.3 is 5.97 Å². The van der Waals surface area contributed by atoms with E-state index in [1.54, 1.807) is 49.4 Å². The Morgan fingerprint density at radius 1 is 1.06 bits per heavy atom. The second kappa shape index (κ2) is 9.74. The first-order valence-corrected chi connectivity index (χ1v) is 11.7. The van der Waals surface area contributed by atoms with Crippen molar-refractivity contribution in [2.45, 2.75) is 13.5 Å². The third kappa shape index (κ3) is 4.97. The van der Waals surface area contributed by atoms with Crippen LogP contribution in [-0.2, 0) is 16.1 Å². The van der Waals surface area contributed by atoms with Crippen LogP contribution in [0.4, 0.5) is 4.79 Å². The van der Waals surface area contributed by atoms with Crippen LogP contribution < -0.4 is 0 Å². The van der Waals surface area contributed by atoms with Gasteiger partial charge in [-0.3, -0.25) is 14.5 Å². The predicted octanol–water partition coefficient (Wildman–Crippen LogP) is 5.96. The molecule has 162 valence electrons. The van der Waals surface area contributed by atoms with Gasteiger partial charge in [0, 0.05) is 15.2 Å². The minimum Gasteiger partial charge on any atom is -0.462 e. The zero-order valence-electron chi connectivity index (χ0n) is 17.0. The van der Waals surface area contributed by atoms with Gasteiger partial charge in [0.25, 0.3) is 11.1 Å². The molecule has 8 heteroatoms. The van der Waals surface area contributed by atoms with Gasteiger partial charge in [0.1, 0.15) is 11.5 Å². The first-order valence-electron chi connectivity index (χ1n) is 9.82. The van der Waals surface area contributed by atoms with E-state index in [-0.39, 0.29) is 23.7 Å². The summed E-state index contributed by atoms with van der Waals surface area (Å²) in [6.45, 7) is 2.31. The number of amides is 2. The molecule has 0 atom stereocenters. The summed E-state index contributed by atoms with van der Waals surface area (Å²) in [4.78, 5) is 38.5. The summed E-state index contributed by atoms with van der Waals surface area (Å²) in [6, 6.07) is 18.1. The molecule has 4 rings (SSSR count). The first-order chi connectivity index (χ1) is 15.4. The number of ether oxygens (including phenoxy) is 1. The molecule has 1 aliphatic heterocycles. The maximum Gasteiger partial charge on any atom is 0.338 e. The quantitative estimate of drug-likeness (QED) is 0.211. The standard InChI is InChI=1S/C24H18INO5S/c1-2-30-23(28)17-7-5-16(6-8-17)20-12-11-19(31-20)13-21-22(27)26(24(29)32-21)14-15-3-9-18(25)10-4-15/h3-13H,2,14H2,1H3/b21-13-. The molecule has 0 saturated carbocycles. The second-order valence-corrected chi connectivity index (χ2v) is 9.13. The van der Waals surface area contributed by atoms with Crippen molar-refractivity contribution in [3.8, 4) is 11.3 Å². The number of benzene rings is 2. The highest BCUT2D eigenvalue weighted by Gasteiger charge is 2.35. The SMILES string of the molecule is CCOC(=O)c1ccc(-c2ccc(/C=C3\SC(=O)N(Cc4ccc(I)cc4)C3=O)o2)cc1. The second-order valence-electron chi connectivity index (χ2n) is 6.89. The normalized spacial score (nSPS) is 14.9. The number of esters is 1. The van der Waals surface area contributed by atoms with Crippen LogP contribution in [0.15, 0.2) is 70.0 Å². The number of furan rings is 1. The van der Waals surface area contributed by atoms with Gasteiger partial charge in [0.05, 0.1) is 23.6 Å². The lowest BCUT2D eigenvalue weighted by Gasteiger charge is -2.12. The van der Waals surface area contributed by atoms with Gasteiger partial charge in [-0.2, -0.15) is 0 Å². The third-order valence-electron chi connectivity index (χ3n) is 4.71. The lowest BCUT2D eigenvalue weighted by atomic mass is 10.1. The molecule has 1 aromatic heterocycles. The summed E-state index contributed by atoms with van der Waals surface area (Å²) in [5.41, 5.74) is 2.13. The van der Waals surface area contributed by atoms with Crippen molar-refractivity contribution in [3.05, 3.63) is 86.0 Å². The Hall–Kier alpha value is -2.85. The summed E-state index contributed by atoms with van der Waals surface area (Å²) in [5, 5.41) is -0.305. The number of carbonyl (C=O) groups excluding carboxylic acids is 3. The topological polar surface area (TPSA) is 76.8 Å². The van der Waals surface area contributed by atoms with Gasteiger partial charge < -0.3 is 9.15 Å². The zero-order chi connectivity index (χ0) is 22.7. The molecular weight excluding hydrogens is 541 g/mol. The number of thioether (sulfide) groups is 1. The molecule has 0 aliphatic carbocycles. The molecule has 6 nitrogen and oxygen atoms in total.